The third-order valence-electron chi connectivity index (χ3n) is 3.12. The zero-order valence-electron chi connectivity index (χ0n) is 8.87. The van der Waals surface area contributed by atoms with Crippen LogP contribution in [0.15, 0.2) is 0 Å². The zero-order valence-corrected chi connectivity index (χ0v) is 8.87. The molecule has 0 radical (unpaired) electrons. The summed E-state index contributed by atoms with van der Waals surface area (Å²) in [5.74, 6) is 2.70. The molecule has 0 heterocycles. The first-order chi connectivity index (χ1) is 6.79. The summed E-state index contributed by atoms with van der Waals surface area (Å²) in [6, 6.07) is 2.75. The third-order valence-corrected chi connectivity index (χ3v) is 3.12. The molecule has 0 aromatic rings. The van der Waals surface area contributed by atoms with Gasteiger partial charge in [0.1, 0.15) is 0 Å². The van der Waals surface area contributed by atoms with Crippen molar-refractivity contribution in [1.29, 1.82) is 5.26 Å². The molecule has 1 aliphatic rings. The molecule has 0 aliphatic heterocycles. The van der Waals surface area contributed by atoms with Crippen molar-refractivity contribution in [3.05, 3.63) is 0 Å². The Balaban J connectivity index is 2.49. The number of nitriles is 1. The summed E-state index contributed by atoms with van der Waals surface area (Å²) >= 11 is 0. The number of terminal acetylenes is 1. The van der Waals surface area contributed by atoms with E-state index in [4.69, 9.17) is 11.7 Å². The summed E-state index contributed by atoms with van der Waals surface area (Å²) in [7, 11) is 2.05. The van der Waals surface area contributed by atoms with E-state index in [0.717, 1.165) is 0 Å². The van der Waals surface area contributed by atoms with Gasteiger partial charge in [-0.2, -0.15) is 5.26 Å². The normalized spacial score (nSPS) is 20.0. The average molecular weight is 190 g/mol. The average Bonchev–Trinajstić information content (AvgIpc) is 2.26. The summed E-state index contributed by atoms with van der Waals surface area (Å²) in [5, 5.41) is 8.64. The molecule has 2 heteroatoms. The van der Waals surface area contributed by atoms with Crippen LogP contribution in [0.25, 0.3) is 0 Å². The largest absolute Gasteiger partial charge is 0.289 e. The van der Waals surface area contributed by atoms with Gasteiger partial charge in [-0.25, -0.2) is 0 Å². The van der Waals surface area contributed by atoms with Crippen molar-refractivity contribution in [3.8, 4) is 18.4 Å². The minimum Gasteiger partial charge on any atom is -0.289 e. The van der Waals surface area contributed by atoms with Gasteiger partial charge in [0.15, 0.2) is 0 Å². The molecule has 14 heavy (non-hydrogen) atoms. The van der Waals surface area contributed by atoms with Crippen LogP contribution in [-0.4, -0.2) is 24.0 Å². The van der Waals surface area contributed by atoms with Crippen molar-refractivity contribution in [1.82, 2.24) is 4.90 Å². The zero-order chi connectivity index (χ0) is 10.4. The molecule has 76 valence electrons. The molecule has 0 saturated heterocycles. The maximum absolute atomic E-state index is 8.64. The molecule has 1 saturated carbocycles. The number of rotatable bonds is 3. The van der Waals surface area contributed by atoms with Crippen LogP contribution >= 0.6 is 0 Å². The van der Waals surface area contributed by atoms with Gasteiger partial charge in [-0.3, -0.25) is 4.90 Å². The van der Waals surface area contributed by atoms with Crippen LogP contribution in [0.3, 0.4) is 0 Å². The maximum atomic E-state index is 8.64. The van der Waals surface area contributed by atoms with Gasteiger partial charge in [-0.05, 0) is 19.9 Å². The van der Waals surface area contributed by atoms with Gasteiger partial charge in [0, 0.05) is 6.04 Å². The lowest BCUT2D eigenvalue weighted by atomic mass is 9.93. The van der Waals surface area contributed by atoms with Gasteiger partial charge in [0.05, 0.1) is 18.5 Å². The van der Waals surface area contributed by atoms with E-state index >= 15 is 0 Å². The first-order valence-electron chi connectivity index (χ1n) is 5.34. The van der Waals surface area contributed by atoms with Crippen molar-refractivity contribution in [2.24, 2.45) is 0 Å². The Labute approximate surface area is 86.9 Å². The molecule has 1 fully saturated rings. The van der Waals surface area contributed by atoms with Crippen LogP contribution in [-0.2, 0) is 0 Å². The van der Waals surface area contributed by atoms with Crippen molar-refractivity contribution in [2.75, 3.05) is 7.05 Å². The fourth-order valence-corrected chi connectivity index (χ4v) is 2.15. The first-order valence-corrected chi connectivity index (χ1v) is 5.34. The SMILES string of the molecule is C#CC(CC#N)N(C)C1CCCCC1. The van der Waals surface area contributed by atoms with Gasteiger partial charge in [-0.15, -0.1) is 6.42 Å². The van der Waals surface area contributed by atoms with Crippen molar-refractivity contribution in [2.45, 2.75) is 50.6 Å². The van der Waals surface area contributed by atoms with Crippen LogP contribution in [0.2, 0.25) is 0 Å². The molecule has 1 rings (SSSR count). The monoisotopic (exact) mass is 190 g/mol. The van der Waals surface area contributed by atoms with E-state index in [1.165, 1.54) is 32.1 Å². The fourth-order valence-electron chi connectivity index (χ4n) is 2.15. The second kappa shape index (κ2) is 5.68. The Hall–Kier alpha value is -0.990. The molecule has 1 atom stereocenters. The Morgan fingerprint density at radius 2 is 2.07 bits per heavy atom. The highest BCUT2D eigenvalue weighted by molar-refractivity contribution is 5.04. The smallest absolute Gasteiger partial charge is 0.0843 e. The molecular formula is C12H18N2. The predicted octanol–water partition coefficient (Wildman–Crippen LogP) is 2.17. The lowest BCUT2D eigenvalue weighted by Gasteiger charge is -2.34. The second-order valence-electron chi connectivity index (χ2n) is 4.00. The van der Waals surface area contributed by atoms with Crippen LogP contribution in [0.4, 0.5) is 0 Å². The van der Waals surface area contributed by atoms with Crippen LogP contribution < -0.4 is 0 Å². The molecule has 0 N–H and O–H groups in total. The highest BCUT2D eigenvalue weighted by Gasteiger charge is 2.22. The van der Waals surface area contributed by atoms with Crippen LogP contribution in [0, 0.1) is 23.7 Å². The first kappa shape index (κ1) is 11.1. The van der Waals surface area contributed by atoms with E-state index in [0.29, 0.717) is 12.5 Å². The molecule has 2 nitrogen and oxygen atoms in total. The summed E-state index contributed by atoms with van der Waals surface area (Å²) in [6.45, 7) is 0. The van der Waals surface area contributed by atoms with E-state index < -0.39 is 0 Å². The quantitative estimate of drug-likeness (QED) is 0.638. The predicted molar refractivity (Wildman–Crippen MR) is 57.5 cm³/mol. The molecule has 0 amide bonds. The van der Waals surface area contributed by atoms with Gasteiger partial charge in [0.2, 0.25) is 0 Å². The third kappa shape index (κ3) is 2.76. The highest BCUT2D eigenvalue weighted by Crippen LogP contribution is 2.23. The Kier molecular flexibility index (Phi) is 4.50. The minimum atomic E-state index is 0.00287. The van der Waals surface area contributed by atoms with E-state index in [1.807, 2.05) is 0 Å². The second-order valence-corrected chi connectivity index (χ2v) is 4.00. The van der Waals surface area contributed by atoms with Gasteiger partial charge in [-0.1, -0.05) is 25.2 Å². The Morgan fingerprint density at radius 1 is 1.43 bits per heavy atom. The lowest BCUT2D eigenvalue weighted by molar-refractivity contribution is 0.166. The Morgan fingerprint density at radius 3 is 2.57 bits per heavy atom. The number of hydrogen-bond donors (Lipinski definition) is 0. The minimum absolute atomic E-state index is 0.00287. The molecule has 0 spiro atoms. The standard InChI is InChI=1S/C12H18N2/c1-3-11(9-10-13)14(2)12-7-5-4-6-8-12/h1,11-12H,4-9H2,2H3. The van der Waals surface area contributed by atoms with E-state index in [1.54, 1.807) is 0 Å². The van der Waals surface area contributed by atoms with E-state index in [9.17, 15) is 0 Å². The molecule has 0 aromatic carbocycles. The molecule has 0 aromatic heterocycles. The molecule has 1 aliphatic carbocycles. The van der Waals surface area contributed by atoms with Crippen molar-refractivity contribution in [3.63, 3.8) is 0 Å². The van der Waals surface area contributed by atoms with Crippen LogP contribution in [0.5, 0.6) is 0 Å². The summed E-state index contributed by atoms with van der Waals surface area (Å²) in [6.07, 6.45) is 12.3. The summed E-state index contributed by atoms with van der Waals surface area (Å²) in [5.41, 5.74) is 0. The fraction of sp³-hybridized carbons (Fsp3) is 0.750. The van der Waals surface area contributed by atoms with Crippen molar-refractivity contribution >= 4 is 0 Å². The molecule has 1 unspecified atom stereocenters. The van der Waals surface area contributed by atoms with Gasteiger partial charge < -0.3 is 0 Å². The van der Waals surface area contributed by atoms with E-state index in [2.05, 4.69) is 23.9 Å². The molecule has 0 bridgehead atoms. The van der Waals surface area contributed by atoms with Crippen LogP contribution in [0.1, 0.15) is 38.5 Å². The highest BCUT2D eigenvalue weighted by atomic mass is 15.2. The summed E-state index contributed by atoms with van der Waals surface area (Å²) in [4.78, 5) is 2.21. The Bertz CT molecular complexity index is 240. The topological polar surface area (TPSA) is 27.0 Å². The van der Waals surface area contributed by atoms with Gasteiger partial charge in [0.25, 0.3) is 0 Å². The maximum Gasteiger partial charge on any atom is 0.0843 e. The number of nitrogens with zero attached hydrogens (tertiary/aromatic N) is 2. The summed E-state index contributed by atoms with van der Waals surface area (Å²) < 4.78 is 0. The molecular weight excluding hydrogens is 172 g/mol. The van der Waals surface area contributed by atoms with E-state index in [-0.39, 0.29) is 6.04 Å². The van der Waals surface area contributed by atoms with Gasteiger partial charge >= 0.3 is 0 Å². The lowest BCUT2D eigenvalue weighted by Crippen LogP contribution is -2.40. The number of hydrogen-bond acceptors (Lipinski definition) is 2. The van der Waals surface area contributed by atoms with Crippen molar-refractivity contribution < 1.29 is 0 Å².